The maximum Gasteiger partial charge on any atom is 0.346 e. The molecule has 1 heterocycles. The lowest BCUT2D eigenvalue weighted by atomic mass is 10.2. The van der Waals surface area contributed by atoms with Gasteiger partial charge in [-0.2, -0.15) is 0 Å². The molecule has 0 aromatic carbocycles. The molecule has 1 aromatic heterocycles. The van der Waals surface area contributed by atoms with E-state index in [0.29, 0.717) is 5.76 Å². The number of rotatable bonds is 1. The van der Waals surface area contributed by atoms with Crippen LogP contribution in [0.25, 0.3) is 6.08 Å². The molecule has 0 radical (unpaired) electrons. The second-order valence-electron chi connectivity index (χ2n) is 2.15. The molecule has 1 N–H and O–H groups in total. The highest BCUT2D eigenvalue weighted by Gasteiger charge is 2.04. The summed E-state index contributed by atoms with van der Waals surface area (Å²) in [6.45, 7) is 4.95. The lowest BCUT2D eigenvalue weighted by Crippen LogP contribution is -2.03. The Morgan fingerprint density at radius 3 is 2.82 bits per heavy atom. The monoisotopic (exact) mass is 152 g/mol. The van der Waals surface area contributed by atoms with Crippen LogP contribution < -0.4 is 5.63 Å². The fourth-order valence-electron chi connectivity index (χ4n) is 0.793. The Labute approximate surface area is 63.6 Å². The van der Waals surface area contributed by atoms with E-state index in [1.807, 2.05) is 0 Å². The summed E-state index contributed by atoms with van der Waals surface area (Å²) in [5.74, 6) is 0.298. The molecule has 0 amide bonds. The SMILES string of the molecule is C=Cc1c(O)cc(C)oc1=O. The summed E-state index contributed by atoms with van der Waals surface area (Å²) in [7, 11) is 0. The van der Waals surface area contributed by atoms with Crippen molar-refractivity contribution >= 4 is 6.08 Å². The van der Waals surface area contributed by atoms with Crippen molar-refractivity contribution in [2.24, 2.45) is 0 Å². The van der Waals surface area contributed by atoms with Crippen molar-refractivity contribution in [3.8, 4) is 5.75 Å². The third kappa shape index (κ3) is 1.32. The van der Waals surface area contributed by atoms with Gasteiger partial charge in [-0.15, -0.1) is 0 Å². The summed E-state index contributed by atoms with van der Waals surface area (Å²) < 4.78 is 4.69. The number of aromatic hydroxyl groups is 1. The molecule has 3 heteroatoms. The van der Waals surface area contributed by atoms with Crippen molar-refractivity contribution in [1.29, 1.82) is 0 Å². The molecule has 0 fully saturated rings. The van der Waals surface area contributed by atoms with E-state index in [0.717, 1.165) is 0 Å². The van der Waals surface area contributed by atoms with Crippen LogP contribution in [-0.4, -0.2) is 5.11 Å². The predicted octanol–water partition coefficient (Wildman–Crippen LogP) is 1.30. The van der Waals surface area contributed by atoms with Gasteiger partial charge in [0.05, 0.1) is 0 Å². The standard InChI is InChI=1S/C8H8O3/c1-3-6-7(9)4-5(2)11-8(6)10/h3-4,9H,1H2,2H3. The Kier molecular flexibility index (Phi) is 1.81. The molecule has 1 rings (SSSR count). The topological polar surface area (TPSA) is 50.4 Å². The molecule has 3 nitrogen and oxygen atoms in total. The van der Waals surface area contributed by atoms with Crippen molar-refractivity contribution in [2.75, 3.05) is 0 Å². The predicted molar refractivity (Wildman–Crippen MR) is 41.5 cm³/mol. The Morgan fingerprint density at radius 2 is 2.36 bits per heavy atom. The van der Waals surface area contributed by atoms with Crippen LogP contribution in [0.2, 0.25) is 0 Å². The first-order valence-electron chi connectivity index (χ1n) is 3.11. The lowest BCUT2D eigenvalue weighted by molar-refractivity contribution is 0.432. The highest BCUT2D eigenvalue weighted by molar-refractivity contribution is 5.52. The Bertz CT molecular complexity index is 336. The molecule has 0 spiro atoms. The molecule has 0 saturated carbocycles. The zero-order valence-electron chi connectivity index (χ0n) is 6.13. The van der Waals surface area contributed by atoms with E-state index in [2.05, 4.69) is 6.58 Å². The van der Waals surface area contributed by atoms with Gasteiger partial charge < -0.3 is 9.52 Å². The molecule has 0 aliphatic rings. The highest BCUT2D eigenvalue weighted by atomic mass is 16.4. The van der Waals surface area contributed by atoms with E-state index < -0.39 is 5.63 Å². The smallest absolute Gasteiger partial charge is 0.346 e. The van der Waals surface area contributed by atoms with Crippen molar-refractivity contribution in [2.45, 2.75) is 6.92 Å². The van der Waals surface area contributed by atoms with Crippen LogP contribution in [0.3, 0.4) is 0 Å². The van der Waals surface area contributed by atoms with E-state index >= 15 is 0 Å². The van der Waals surface area contributed by atoms with Gasteiger partial charge in [0.25, 0.3) is 0 Å². The van der Waals surface area contributed by atoms with Crippen molar-refractivity contribution in [3.63, 3.8) is 0 Å². The molecular weight excluding hydrogens is 144 g/mol. The number of hydrogen-bond donors (Lipinski definition) is 1. The third-order valence-corrected chi connectivity index (χ3v) is 1.29. The van der Waals surface area contributed by atoms with Gasteiger partial charge in [0.1, 0.15) is 17.1 Å². The fourth-order valence-corrected chi connectivity index (χ4v) is 0.793. The van der Waals surface area contributed by atoms with Crippen LogP contribution in [0, 0.1) is 6.92 Å². The zero-order valence-corrected chi connectivity index (χ0v) is 6.13. The first kappa shape index (κ1) is 7.60. The number of aryl methyl sites for hydroxylation is 1. The fraction of sp³-hybridized carbons (Fsp3) is 0.125. The van der Waals surface area contributed by atoms with Gasteiger partial charge in [-0.05, 0) is 6.92 Å². The maximum atomic E-state index is 10.9. The Hall–Kier alpha value is -1.51. The minimum atomic E-state index is -0.558. The van der Waals surface area contributed by atoms with Crippen LogP contribution >= 0.6 is 0 Å². The van der Waals surface area contributed by atoms with E-state index in [1.165, 1.54) is 12.1 Å². The van der Waals surface area contributed by atoms with Gasteiger partial charge in [-0.1, -0.05) is 12.7 Å². The molecule has 11 heavy (non-hydrogen) atoms. The summed E-state index contributed by atoms with van der Waals surface area (Å²) in [6.07, 6.45) is 1.26. The normalized spacial score (nSPS) is 9.55. The van der Waals surface area contributed by atoms with Gasteiger partial charge >= 0.3 is 5.63 Å². The summed E-state index contributed by atoms with van der Waals surface area (Å²) in [4.78, 5) is 10.9. The lowest BCUT2D eigenvalue weighted by Gasteiger charge is -1.96. The average Bonchev–Trinajstić information content (AvgIpc) is 1.85. The largest absolute Gasteiger partial charge is 0.507 e. The summed E-state index contributed by atoms with van der Waals surface area (Å²) in [6, 6.07) is 1.37. The summed E-state index contributed by atoms with van der Waals surface area (Å²) >= 11 is 0. The van der Waals surface area contributed by atoms with Gasteiger partial charge in [-0.3, -0.25) is 0 Å². The van der Waals surface area contributed by atoms with Crippen LogP contribution in [-0.2, 0) is 0 Å². The number of hydrogen-bond acceptors (Lipinski definition) is 3. The molecule has 0 unspecified atom stereocenters. The van der Waals surface area contributed by atoms with Crippen LogP contribution in [0.5, 0.6) is 5.75 Å². The van der Waals surface area contributed by atoms with E-state index in [9.17, 15) is 4.79 Å². The van der Waals surface area contributed by atoms with Gasteiger partial charge in [0.2, 0.25) is 0 Å². The Morgan fingerprint density at radius 1 is 1.73 bits per heavy atom. The second kappa shape index (κ2) is 2.62. The van der Waals surface area contributed by atoms with Crippen molar-refractivity contribution < 1.29 is 9.52 Å². The molecule has 58 valence electrons. The van der Waals surface area contributed by atoms with Gasteiger partial charge in [0, 0.05) is 6.07 Å². The van der Waals surface area contributed by atoms with Crippen LogP contribution in [0.4, 0.5) is 0 Å². The Balaban J connectivity index is 3.49. The molecule has 0 aliphatic carbocycles. The minimum absolute atomic E-state index is 0.0891. The third-order valence-electron chi connectivity index (χ3n) is 1.29. The summed E-state index contributed by atoms with van der Waals surface area (Å²) in [5, 5.41) is 9.14. The van der Waals surface area contributed by atoms with E-state index in [1.54, 1.807) is 6.92 Å². The van der Waals surface area contributed by atoms with Crippen molar-refractivity contribution in [1.82, 2.24) is 0 Å². The first-order valence-corrected chi connectivity index (χ1v) is 3.11. The van der Waals surface area contributed by atoms with Gasteiger partial charge in [-0.25, -0.2) is 4.79 Å². The average molecular weight is 152 g/mol. The second-order valence-corrected chi connectivity index (χ2v) is 2.15. The molecule has 0 aliphatic heterocycles. The van der Waals surface area contributed by atoms with Crippen LogP contribution in [0.15, 0.2) is 21.9 Å². The van der Waals surface area contributed by atoms with Gasteiger partial charge in [0.15, 0.2) is 0 Å². The minimum Gasteiger partial charge on any atom is -0.507 e. The van der Waals surface area contributed by atoms with E-state index in [4.69, 9.17) is 9.52 Å². The molecule has 0 atom stereocenters. The maximum absolute atomic E-state index is 10.9. The quantitative estimate of drug-likeness (QED) is 0.659. The summed E-state index contributed by atoms with van der Waals surface area (Å²) in [5.41, 5.74) is -0.451. The molecule has 0 saturated heterocycles. The zero-order chi connectivity index (χ0) is 8.43. The highest BCUT2D eigenvalue weighted by Crippen LogP contribution is 2.14. The first-order chi connectivity index (χ1) is 5.15. The van der Waals surface area contributed by atoms with Crippen LogP contribution in [0.1, 0.15) is 11.3 Å². The molecular formula is C8H8O3. The van der Waals surface area contributed by atoms with E-state index in [-0.39, 0.29) is 11.3 Å². The molecule has 0 bridgehead atoms. The van der Waals surface area contributed by atoms with Crippen molar-refractivity contribution in [3.05, 3.63) is 34.4 Å². The molecule has 1 aromatic rings.